The summed E-state index contributed by atoms with van der Waals surface area (Å²) in [4.78, 5) is 26.8. The van der Waals surface area contributed by atoms with Crippen molar-refractivity contribution in [1.82, 2.24) is 4.98 Å². The number of rotatable bonds is 4. The number of guanidine groups is 2. The molecule has 29 heavy (non-hydrogen) atoms. The van der Waals surface area contributed by atoms with Gasteiger partial charge in [-0.15, -0.1) is 0 Å². The molecular formula is C20H24N6O3. The van der Waals surface area contributed by atoms with Gasteiger partial charge in [-0.05, 0) is 56.9 Å². The van der Waals surface area contributed by atoms with Crippen molar-refractivity contribution in [3.63, 3.8) is 0 Å². The van der Waals surface area contributed by atoms with Crippen molar-refractivity contribution in [2.75, 3.05) is 11.5 Å². The lowest BCUT2D eigenvalue weighted by molar-refractivity contribution is 0.0519. The van der Waals surface area contributed by atoms with E-state index in [1.165, 1.54) is 12.7 Å². The molecule has 9 heteroatoms. The molecule has 0 unspecified atom stereocenters. The standard InChI is InChI=1S/C20H24N6O3/c1-2-28-17(27)15-12-29-16(23-15)13-6-8-14(9-7-13)26-19(22)24-18(21)25-20(26)10-4-3-5-11-20/h6-9,12H,2-5,10-11H2,1H3,(H4,21,22,24,25). The second-order valence-electron chi connectivity index (χ2n) is 7.12. The van der Waals surface area contributed by atoms with Gasteiger partial charge in [0.1, 0.15) is 11.9 Å². The maximum absolute atomic E-state index is 11.8. The molecule has 1 aliphatic heterocycles. The second kappa shape index (κ2) is 7.57. The minimum absolute atomic E-state index is 0.143. The lowest BCUT2D eigenvalue weighted by Gasteiger charge is -2.45. The van der Waals surface area contributed by atoms with Gasteiger partial charge in [-0.25, -0.2) is 14.8 Å². The van der Waals surface area contributed by atoms with Crippen LogP contribution >= 0.6 is 0 Å². The van der Waals surface area contributed by atoms with Crippen LogP contribution in [0.25, 0.3) is 11.5 Å². The van der Waals surface area contributed by atoms with E-state index >= 15 is 0 Å². The third kappa shape index (κ3) is 3.55. The fourth-order valence-corrected chi connectivity index (χ4v) is 3.95. The van der Waals surface area contributed by atoms with E-state index in [1.54, 1.807) is 6.92 Å². The van der Waals surface area contributed by atoms with Crippen LogP contribution in [0.3, 0.4) is 0 Å². The van der Waals surface area contributed by atoms with Gasteiger partial charge >= 0.3 is 5.97 Å². The summed E-state index contributed by atoms with van der Waals surface area (Å²) in [7, 11) is 0. The Hall–Kier alpha value is -3.36. The summed E-state index contributed by atoms with van der Waals surface area (Å²) in [5.41, 5.74) is 13.4. The van der Waals surface area contributed by atoms with Crippen LogP contribution in [-0.4, -0.2) is 35.1 Å². The number of oxazole rings is 1. The number of esters is 1. The number of ether oxygens (including phenoxy) is 1. The Kier molecular flexibility index (Phi) is 4.96. The molecular weight excluding hydrogens is 372 g/mol. The number of nitrogens with two attached hydrogens (primary N) is 2. The molecule has 1 aliphatic carbocycles. The van der Waals surface area contributed by atoms with Crippen LogP contribution in [0.2, 0.25) is 0 Å². The predicted octanol–water partition coefficient (Wildman–Crippen LogP) is 2.63. The van der Waals surface area contributed by atoms with Crippen molar-refractivity contribution in [3.05, 3.63) is 36.2 Å². The quantitative estimate of drug-likeness (QED) is 0.759. The van der Waals surface area contributed by atoms with Crippen molar-refractivity contribution in [2.45, 2.75) is 44.7 Å². The molecule has 2 aromatic rings. The van der Waals surface area contributed by atoms with Crippen LogP contribution in [0.15, 0.2) is 44.9 Å². The van der Waals surface area contributed by atoms with Crippen LogP contribution in [0, 0.1) is 0 Å². The fraction of sp³-hybridized carbons (Fsp3) is 0.400. The molecule has 1 saturated carbocycles. The van der Waals surface area contributed by atoms with Gasteiger partial charge in [-0.2, -0.15) is 4.99 Å². The van der Waals surface area contributed by atoms with E-state index in [9.17, 15) is 4.79 Å². The Morgan fingerprint density at radius 1 is 1.21 bits per heavy atom. The van der Waals surface area contributed by atoms with E-state index < -0.39 is 11.6 Å². The van der Waals surface area contributed by atoms with E-state index in [0.717, 1.165) is 36.9 Å². The number of hydrogen-bond acceptors (Lipinski definition) is 9. The fourth-order valence-electron chi connectivity index (χ4n) is 3.95. The summed E-state index contributed by atoms with van der Waals surface area (Å²) < 4.78 is 10.4. The molecule has 0 atom stereocenters. The zero-order valence-electron chi connectivity index (χ0n) is 16.3. The molecule has 1 aromatic heterocycles. The summed E-state index contributed by atoms with van der Waals surface area (Å²) >= 11 is 0. The zero-order chi connectivity index (χ0) is 20.4. The first-order chi connectivity index (χ1) is 14.0. The van der Waals surface area contributed by atoms with Crippen molar-refractivity contribution in [3.8, 4) is 11.5 Å². The Bertz CT molecular complexity index is 957. The average Bonchev–Trinajstić information content (AvgIpc) is 3.19. The number of benzene rings is 1. The van der Waals surface area contributed by atoms with Crippen LogP contribution in [0.5, 0.6) is 0 Å². The van der Waals surface area contributed by atoms with Gasteiger partial charge in [0.05, 0.1) is 6.61 Å². The highest BCUT2D eigenvalue weighted by Crippen LogP contribution is 2.39. The average molecular weight is 396 g/mol. The van der Waals surface area contributed by atoms with Crippen molar-refractivity contribution < 1.29 is 13.9 Å². The lowest BCUT2D eigenvalue weighted by atomic mass is 9.87. The Morgan fingerprint density at radius 3 is 2.62 bits per heavy atom. The number of carbonyl (C=O) groups is 1. The highest BCUT2D eigenvalue weighted by Gasteiger charge is 2.42. The molecule has 0 bridgehead atoms. The summed E-state index contributed by atoms with van der Waals surface area (Å²) in [6, 6.07) is 7.56. The van der Waals surface area contributed by atoms with Crippen LogP contribution in [-0.2, 0) is 4.74 Å². The van der Waals surface area contributed by atoms with E-state index in [1.807, 2.05) is 29.2 Å². The molecule has 4 N–H and O–H groups in total. The first-order valence-electron chi connectivity index (χ1n) is 9.75. The molecule has 1 spiro atoms. The van der Waals surface area contributed by atoms with Crippen LogP contribution < -0.4 is 16.4 Å². The molecule has 0 radical (unpaired) electrons. The van der Waals surface area contributed by atoms with Crippen LogP contribution in [0.4, 0.5) is 5.69 Å². The molecule has 9 nitrogen and oxygen atoms in total. The van der Waals surface area contributed by atoms with Gasteiger partial charge in [-0.1, -0.05) is 6.42 Å². The number of nitrogens with zero attached hydrogens (tertiary/aromatic N) is 4. The summed E-state index contributed by atoms with van der Waals surface area (Å²) in [6.07, 6.45) is 6.33. The molecule has 2 heterocycles. The second-order valence-corrected chi connectivity index (χ2v) is 7.12. The Balaban J connectivity index is 1.62. The first kappa shape index (κ1) is 19.0. The van der Waals surface area contributed by atoms with Crippen molar-refractivity contribution in [2.24, 2.45) is 21.5 Å². The molecule has 1 aromatic carbocycles. The summed E-state index contributed by atoms with van der Waals surface area (Å²) in [6.45, 7) is 2.02. The largest absolute Gasteiger partial charge is 0.461 e. The third-order valence-corrected chi connectivity index (χ3v) is 5.21. The first-order valence-corrected chi connectivity index (χ1v) is 9.75. The summed E-state index contributed by atoms with van der Waals surface area (Å²) in [5.74, 6) is 0.400. The van der Waals surface area contributed by atoms with Gasteiger partial charge in [0.25, 0.3) is 0 Å². The van der Waals surface area contributed by atoms with Gasteiger partial charge in [-0.3, -0.25) is 4.90 Å². The topological polar surface area (TPSA) is 132 Å². The SMILES string of the molecule is CCOC(=O)c1coc(-c2ccc(N3C(N)=NC(N)=NC34CCCCC4)cc2)n1. The van der Waals surface area contributed by atoms with Gasteiger partial charge in [0, 0.05) is 11.3 Å². The smallest absolute Gasteiger partial charge is 0.360 e. The van der Waals surface area contributed by atoms with E-state index in [-0.39, 0.29) is 18.3 Å². The normalized spacial score (nSPS) is 18.3. The number of hydrogen-bond donors (Lipinski definition) is 2. The summed E-state index contributed by atoms with van der Waals surface area (Å²) in [5, 5.41) is 0. The highest BCUT2D eigenvalue weighted by atomic mass is 16.5. The van der Waals surface area contributed by atoms with Crippen molar-refractivity contribution >= 4 is 23.6 Å². The van der Waals surface area contributed by atoms with E-state index in [0.29, 0.717) is 11.9 Å². The van der Waals surface area contributed by atoms with Gasteiger partial charge in [0.2, 0.25) is 17.8 Å². The van der Waals surface area contributed by atoms with Crippen molar-refractivity contribution in [1.29, 1.82) is 0 Å². The lowest BCUT2D eigenvalue weighted by Crippen LogP contribution is -2.58. The number of aromatic nitrogens is 1. The number of aliphatic imine (C=N–C) groups is 2. The minimum Gasteiger partial charge on any atom is -0.461 e. The predicted molar refractivity (Wildman–Crippen MR) is 109 cm³/mol. The monoisotopic (exact) mass is 396 g/mol. The Labute approximate surface area is 168 Å². The maximum Gasteiger partial charge on any atom is 0.360 e. The highest BCUT2D eigenvalue weighted by molar-refractivity contribution is 6.05. The molecule has 1 fully saturated rings. The molecule has 2 aliphatic rings. The Morgan fingerprint density at radius 2 is 1.93 bits per heavy atom. The van der Waals surface area contributed by atoms with E-state index in [2.05, 4.69) is 15.0 Å². The maximum atomic E-state index is 11.8. The molecule has 0 amide bonds. The molecule has 152 valence electrons. The van der Waals surface area contributed by atoms with Gasteiger partial charge < -0.3 is 20.6 Å². The zero-order valence-corrected chi connectivity index (χ0v) is 16.3. The molecule has 4 rings (SSSR count). The van der Waals surface area contributed by atoms with Crippen LogP contribution in [0.1, 0.15) is 49.5 Å². The number of carbonyl (C=O) groups excluding carboxylic acids is 1. The number of anilines is 1. The van der Waals surface area contributed by atoms with Gasteiger partial charge in [0.15, 0.2) is 5.69 Å². The third-order valence-electron chi connectivity index (χ3n) is 5.21. The molecule has 0 saturated heterocycles. The minimum atomic E-state index is -0.508. The van der Waals surface area contributed by atoms with E-state index in [4.69, 9.17) is 20.6 Å².